The van der Waals surface area contributed by atoms with Crippen molar-refractivity contribution in [3.05, 3.63) is 83.9 Å². The van der Waals surface area contributed by atoms with Crippen LogP contribution in [0.4, 0.5) is 8.78 Å². The molecule has 5 nitrogen and oxygen atoms in total. The van der Waals surface area contributed by atoms with E-state index in [0.717, 1.165) is 17.7 Å². The Balaban J connectivity index is 1.88. The Bertz CT molecular complexity index is 843. The molecule has 26 heavy (non-hydrogen) atoms. The molecule has 1 heterocycles. The lowest BCUT2D eigenvalue weighted by Crippen LogP contribution is -2.44. The van der Waals surface area contributed by atoms with Crippen molar-refractivity contribution < 1.29 is 18.6 Å². The van der Waals surface area contributed by atoms with E-state index in [1.807, 2.05) is 30.3 Å². The van der Waals surface area contributed by atoms with Crippen LogP contribution in [-0.2, 0) is 23.5 Å². The maximum absolute atomic E-state index is 14.4. The number of aromatic nitrogens is 3. The number of hydrogen-bond acceptors (Lipinski definition) is 4. The number of hydrogen-bond donors (Lipinski definition) is 1. The van der Waals surface area contributed by atoms with E-state index in [2.05, 4.69) is 10.1 Å². The smallest absolute Gasteiger partial charge is 0.138 e. The number of rotatable bonds is 7. The van der Waals surface area contributed by atoms with E-state index < -0.39 is 23.3 Å². The number of aliphatic hydroxyl groups is 1. The Morgan fingerprint density at radius 1 is 1.19 bits per heavy atom. The maximum atomic E-state index is 14.4. The van der Waals surface area contributed by atoms with Crippen LogP contribution < -0.4 is 0 Å². The number of ether oxygens (including phenoxy) is 1. The molecule has 0 spiro atoms. The summed E-state index contributed by atoms with van der Waals surface area (Å²) in [6, 6.07) is 12.5. The third kappa shape index (κ3) is 3.95. The van der Waals surface area contributed by atoms with E-state index in [-0.39, 0.29) is 18.7 Å². The molecular formula is C19H19F2N3O2. The van der Waals surface area contributed by atoms with Gasteiger partial charge in [-0.25, -0.2) is 18.4 Å². The summed E-state index contributed by atoms with van der Waals surface area (Å²) in [6.45, 7) is 1.79. The normalized spacial score (nSPS) is 14.8. The van der Waals surface area contributed by atoms with Crippen molar-refractivity contribution in [2.45, 2.75) is 31.8 Å². The molecule has 0 radical (unpaired) electrons. The second-order valence-electron chi connectivity index (χ2n) is 6.08. The molecule has 136 valence electrons. The molecule has 0 saturated heterocycles. The van der Waals surface area contributed by atoms with Crippen LogP contribution in [0.2, 0.25) is 0 Å². The molecule has 0 aliphatic carbocycles. The number of nitrogens with zero attached hydrogens (tertiary/aromatic N) is 3. The summed E-state index contributed by atoms with van der Waals surface area (Å²) in [7, 11) is 0. The van der Waals surface area contributed by atoms with E-state index in [1.54, 1.807) is 6.92 Å². The van der Waals surface area contributed by atoms with Crippen molar-refractivity contribution >= 4 is 0 Å². The first-order valence-electron chi connectivity index (χ1n) is 8.15. The number of benzene rings is 2. The highest BCUT2D eigenvalue weighted by atomic mass is 19.1. The maximum Gasteiger partial charge on any atom is 0.138 e. The van der Waals surface area contributed by atoms with Gasteiger partial charge in [-0.1, -0.05) is 36.4 Å². The summed E-state index contributed by atoms with van der Waals surface area (Å²) in [5, 5.41) is 15.3. The van der Waals surface area contributed by atoms with Crippen LogP contribution in [0.5, 0.6) is 0 Å². The van der Waals surface area contributed by atoms with Crippen molar-refractivity contribution in [1.82, 2.24) is 14.8 Å². The largest absolute Gasteiger partial charge is 0.380 e. The molecule has 0 fully saturated rings. The summed E-state index contributed by atoms with van der Waals surface area (Å²) >= 11 is 0. The van der Waals surface area contributed by atoms with Crippen LogP contribution in [0.25, 0.3) is 0 Å². The molecule has 3 rings (SSSR count). The van der Waals surface area contributed by atoms with Crippen molar-refractivity contribution in [3.8, 4) is 0 Å². The Kier molecular flexibility index (Phi) is 5.39. The fourth-order valence-corrected chi connectivity index (χ4v) is 2.77. The Hall–Kier alpha value is -2.64. The minimum Gasteiger partial charge on any atom is -0.380 e. The van der Waals surface area contributed by atoms with Gasteiger partial charge in [0.05, 0.1) is 19.3 Å². The molecule has 2 atom stereocenters. The Morgan fingerprint density at radius 2 is 1.96 bits per heavy atom. The molecule has 1 aromatic heterocycles. The van der Waals surface area contributed by atoms with Crippen LogP contribution in [-0.4, -0.2) is 26.0 Å². The van der Waals surface area contributed by atoms with Crippen LogP contribution in [0.3, 0.4) is 0 Å². The topological polar surface area (TPSA) is 60.2 Å². The molecule has 7 heteroatoms. The molecule has 0 aliphatic rings. The lowest BCUT2D eigenvalue weighted by Gasteiger charge is -2.34. The minimum atomic E-state index is -1.76. The zero-order chi connectivity index (χ0) is 18.6. The van der Waals surface area contributed by atoms with E-state index in [9.17, 15) is 13.9 Å². The van der Waals surface area contributed by atoms with Gasteiger partial charge >= 0.3 is 0 Å². The highest BCUT2D eigenvalue weighted by molar-refractivity contribution is 5.26. The van der Waals surface area contributed by atoms with Gasteiger partial charge in [-0.05, 0) is 18.6 Å². The van der Waals surface area contributed by atoms with E-state index in [4.69, 9.17) is 4.74 Å². The number of halogens is 2. The average Bonchev–Trinajstić information content (AvgIpc) is 3.13. The summed E-state index contributed by atoms with van der Waals surface area (Å²) in [5.74, 6) is -1.56. The highest BCUT2D eigenvalue weighted by Gasteiger charge is 2.40. The van der Waals surface area contributed by atoms with Gasteiger partial charge in [0, 0.05) is 11.6 Å². The Morgan fingerprint density at radius 3 is 2.62 bits per heavy atom. The van der Waals surface area contributed by atoms with Gasteiger partial charge in [-0.2, -0.15) is 5.10 Å². The highest BCUT2D eigenvalue weighted by Crippen LogP contribution is 2.32. The zero-order valence-electron chi connectivity index (χ0n) is 14.2. The second kappa shape index (κ2) is 7.72. The van der Waals surface area contributed by atoms with Gasteiger partial charge in [0.1, 0.15) is 29.9 Å². The molecule has 1 N–H and O–H groups in total. The fraction of sp³-hybridized carbons (Fsp3) is 0.263. The summed E-state index contributed by atoms with van der Waals surface area (Å²) in [6.07, 6.45) is 1.93. The van der Waals surface area contributed by atoms with Gasteiger partial charge in [0.2, 0.25) is 0 Å². The van der Waals surface area contributed by atoms with E-state index in [1.165, 1.54) is 23.4 Å². The predicted octanol–water partition coefficient (Wildman–Crippen LogP) is 3.05. The van der Waals surface area contributed by atoms with Gasteiger partial charge in [-0.15, -0.1) is 0 Å². The van der Waals surface area contributed by atoms with Crippen molar-refractivity contribution in [2.75, 3.05) is 0 Å². The van der Waals surface area contributed by atoms with Crippen LogP contribution in [0, 0.1) is 11.6 Å². The molecular weight excluding hydrogens is 340 g/mol. The lowest BCUT2D eigenvalue weighted by atomic mass is 9.88. The average molecular weight is 359 g/mol. The second-order valence-corrected chi connectivity index (χ2v) is 6.08. The van der Waals surface area contributed by atoms with E-state index in [0.29, 0.717) is 0 Å². The fourth-order valence-electron chi connectivity index (χ4n) is 2.77. The first kappa shape index (κ1) is 18.2. The van der Waals surface area contributed by atoms with Crippen LogP contribution in [0.15, 0.2) is 61.2 Å². The third-order valence-electron chi connectivity index (χ3n) is 4.28. The molecule has 0 saturated carbocycles. The van der Waals surface area contributed by atoms with Gasteiger partial charge in [0.25, 0.3) is 0 Å². The van der Waals surface area contributed by atoms with Crippen LogP contribution >= 0.6 is 0 Å². The first-order chi connectivity index (χ1) is 12.5. The van der Waals surface area contributed by atoms with Crippen LogP contribution in [0.1, 0.15) is 18.1 Å². The summed E-state index contributed by atoms with van der Waals surface area (Å²) in [5.41, 5.74) is -0.905. The standard InChI is InChI=1S/C19H19F2N3O2/c1-14(26-10-15-5-3-2-4-6-15)19(25,11-24-13-22-12-23-24)17-8-7-16(20)9-18(17)21/h2-9,12-14,25H,10-11H2,1H3/t14-,19+/m1/s1. The monoisotopic (exact) mass is 359 g/mol. The van der Waals surface area contributed by atoms with Crippen molar-refractivity contribution in [1.29, 1.82) is 0 Å². The lowest BCUT2D eigenvalue weighted by molar-refractivity contribution is -0.124. The van der Waals surface area contributed by atoms with Gasteiger partial charge in [-0.3, -0.25) is 0 Å². The molecule has 3 aromatic rings. The summed E-state index contributed by atoms with van der Waals surface area (Å²) < 4.78 is 34.9. The molecule has 0 amide bonds. The quantitative estimate of drug-likeness (QED) is 0.704. The molecule has 0 aliphatic heterocycles. The first-order valence-corrected chi connectivity index (χ1v) is 8.15. The van der Waals surface area contributed by atoms with Crippen molar-refractivity contribution in [3.63, 3.8) is 0 Å². The van der Waals surface area contributed by atoms with Crippen molar-refractivity contribution in [2.24, 2.45) is 0 Å². The molecule has 0 unspecified atom stereocenters. The SMILES string of the molecule is C[C@@H](OCc1ccccc1)[C@@](O)(Cn1cncn1)c1ccc(F)cc1F. The minimum absolute atomic E-state index is 0.0602. The predicted molar refractivity (Wildman–Crippen MR) is 91.0 cm³/mol. The Labute approximate surface area is 149 Å². The molecule has 2 aromatic carbocycles. The third-order valence-corrected chi connectivity index (χ3v) is 4.28. The van der Waals surface area contributed by atoms with Gasteiger partial charge < -0.3 is 9.84 Å². The summed E-state index contributed by atoms with van der Waals surface area (Å²) in [4.78, 5) is 3.84. The molecule has 0 bridgehead atoms. The van der Waals surface area contributed by atoms with E-state index >= 15 is 0 Å². The zero-order valence-corrected chi connectivity index (χ0v) is 14.2. The van der Waals surface area contributed by atoms with Gasteiger partial charge in [0.15, 0.2) is 0 Å².